The summed E-state index contributed by atoms with van der Waals surface area (Å²) in [5.74, 6) is 0.357. The van der Waals surface area contributed by atoms with Gasteiger partial charge in [0.2, 0.25) is 0 Å². The fourth-order valence-corrected chi connectivity index (χ4v) is 3.92. The Bertz CT molecular complexity index is 778. The van der Waals surface area contributed by atoms with Crippen molar-refractivity contribution in [3.05, 3.63) is 54.1 Å². The maximum Gasteiger partial charge on any atom is 0.333 e. The molecule has 0 aromatic heterocycles. The molecule has 1 aromatic carbocycles. The third-order valence-corrected chi connectivity index (χ3v) is 10.4. The van der Waals surface area contributed by atoms with Crippen LogP contribution in [0.3, 0.4) is 0 Å². The molecule has 0 N–H and O–H groups in total. The van der Waals surface area contributed by atoms with Gasteiger partial charge in [-0.25, -0.2) is 4.79 Å². The average Bonchev–Trinajstić information content (AvgIpc) is 3.13. The molecule has 1 aliphatic rings. The summed E-state index contributed by atoms with van der Waals surface area (Å²) in [6.07, 6.45) is 2.45. The lowest BCUT2D eigenvalue weighted by atomic mass is 10.1. The van der Waals surface area contributed by atoms with Crippen LogP contribution in [0, 0.1) is 0 Å². The zero-order chi connectivity index (χ0) is 23.2. The summed E-state index contributed by atoms with van der Waals surface area (Å²) in [7, 11) is 1.01. The zero-order valence-electron chi connectivity index (χ0n) is 19.8. The predicted octanol–water partition coefficient (Wildman–Crippen LogP) is 5.18. The zero-order valence-corrected chi connectivity index (χ0v) is 20.8. The summed E-state index contributed by atoms with van der Waals surface area (Å²) in [6, 6.07) is 7.55. The predicted molar refractivity (Wildman–Crippen MR) is 124 cm³/mol. The Morgan fingerprint density at radius 2 is 1.81 bits per heavy atom. The standard InChI is InChI=1S/C24H36O6Si/c1-9-10-18(22(25)27-6)15-20-21(16-28-31(7,8)24(2,3)4)30-23(29-20)17-11-13-19(26-5)14-12-17/h9,11-15,20-21,23H,1,10,16H2,2-8H3/b18-15+/t20-,21-,23?/m0/s1. The van der Waals surface area contributed by atoms with Crippen molar-refractivity contribution in [2.45, 2.75) is 63.8 Å². The van der Waals surface area contributed by atoms with Gasteiger partial charge in [0.1, 0.15) is 18.0 Å². The molecular weight excluding hydrogens is 412 g/mol. The number of carbonyl (C=O) groups excluding carboxylic acids is 1. The van der Waals surface area contributed by atoms with Gasteiger partial charge in [0.05, 0.1) is 20.8 Å². The van der Waals surface area contributed by atoms with Crippen molar-refractivity contribution >= 4 is 14.3 Å². The van der Waals surface area contributed by atoms with E-state index in [0.29, 0.717) is 18.6 Å². The van der Waals surface area contributed by atoms with E-state index in [1.807, 2.05) is 24.3 Å². The fraction of sp³-hybridized carbons (Fsp3) is 0.542. The molecule has 7 heteroatoms. The van der Waals surface area contributed by atoms with Crippen molar-refractivity contribution in [3.8, 4) is 5.75 Å². The molecule has 1 fully saturated rings. The van der Waals surface area contributed by atoms with Gasteiger partial charge >= 0.3 is 5.97 Å². The minimum Gasteiger partial charge on any atom is -0.497 e. The highest BCUT2D eigenvalue weighted by molar-refractivity contribution is 6.74. The van der Waals surface area contributed by atoms with E-state index in [-0.39, 0.29) is 11.1 Å². The van der Waals surface area contributed by atoms with Gasteiger partial charge in [-0.05, 0) is 42.8 Å². The average molecular weight is 449 g/mol. The molecular formula is C24H36O6Si. The number of methoxy groups -OCH3 is 2. The Kier molecular flexibility index (Phi) is 8.65. The number of allylic oxidation sites excluding steroid dienone is 1. The quantitative estimate of drug-likeness (QED) is 0.225. The van der Waals surface area contributed by atoms with Gasteiger partial charge in [-0.2, -0.15) is 0 Å². The Labute approximate surface area is 187 Å². The molecule has 0 bridgehead atoms. The molecule has 1 heterocycles. The highest BCUT2D eigenvalue weighted by Crippen LogP contribution is 2.38. The number of carbonyl (C=O) groups is 1. The first-order valence-corrected chi connectivity index (χ1v) is 13.4. The molecule has 31 heavy (non-hydrogen) atoms. The first-order chi connectivity index (χ1) is 14.5. The first-order valence-electron chi connectivity index (χ1n) is 10.5. The second-order valence-electron chi connectivity index (χ2n) is 9.13. The largest absolute Gasteiger partial charge is 0.497 e. The smallest absolute Gasteiger partial charge is 0.333 e. The lowest BCUT2D eigenvalue weighted by Gasteiger charge is -2.37. The molecule has 3 atom stereocenters. The van der Waals surface area contributed by atoms with Crippen LogP contribution >= 0.6 is 0 Å². The van der Waals surface area contributed by atoms with Crippen LogP contribution in [0.25, 0.3) is 0 Å². The van der Waals surface area contributed by atoms with Crippen LogP contribution < -0.4 is 4.74 Å². The van der Waals surface area contributed by atoms with E-state index in [9.17, 15) is 4.79 Å². The Balaban J connectivity index is 2.28. The van der Waals surface area contributed by atoms with Gasteiger partial charge in [0, 0.05) is 11.1 Å². The fourth-order valence-electron chi connectivity index (χ4n) is 2.91. The summed E-state index contributed by atoms with van der Waals surface area (Å²) >= 11 is 0. The van der Waals surface area contributed by atoms with Crippen molar-refractivity contribution in [2.75, 3.05) is 20.8 Å². The van der Waals surface area contributed by atoms with Gasteiger partial charge in [-0.3, -0.25) is 0 Å². The van der Waals surface area contributed by atoms with Gasteiger partial charge in [0.15, 0.2) is 14.6 Å². The monoisotopic (exact) mass is 448 g/mol. The summed E-state index contributed by atoms with van der Waals surface area (Å²) in [6.45, 7) is 15.1. The van der Waals surface area contributed by atoms with Crippen LogP contribution in [-0.2, 0) is 23.4 Å². The van der Waals surface area contributed by atoms with Crippen LogP contribution in [0.5, 0.6) is 5.75 Å². The number of ether oxygens (including phenoxy) is 4. The van der Waals surface area contributed by atoms with E-state index in [1.165, 1.54) is 7.11 Å². The molecule has 6 nitrogen and oxygen atoms in total. The number of benzene rings is 1. The number of hydrogen-bond acceptors (Lipinski definition) is 6. The van der Waals surface area contributed by atoms with Crippen LogP contribution in [0.2, 0.25) is 18.1 Å². The second-order valence-corrected chi connectivity index (χ2v) is 13.9. The molecule has 0 saturated carbocycles. The molecule has 1 aliphatic heterocycles. The Hall–Kier alpha value is -1.93. The molecule has 1 aromatic rings. The van der Waals surface area contributed by atoms with Crippen molar-refractivity contribution in [3.63, 3.8) is 0 Å². The Morgan fingerprint density at radius 3 is 2.32 bits per heavy atom. The normalized spacial score (nSPS) is 22.3. The third kappa shape index (κ3) is 6.52. The third-order valence-electron chi connectivity index (χ3n) is 5.93. The van der Waals surface area contributed by atoms with E-state index in [2.05, 4.69) is 40.4 Å². The molecule has 172 valence electrons. The molecule has 0 amide bonds. The maximum absolute atomic E-state index is 12.2. The summed E-state index contributed by atoms with van der Waals surface area (Å²) in [5, 5.41) is 0.0766. The van der Waals surface area contributed by atoms with Crippen molar-refractivity contribution in [1.29, 1.82) is 0 Å². The van der Waals surface area contributed by atoms with Crippen molar-refractivity contribution in [1.82, 2.24) is 0 Å². The van der Waals surface area contributed by atoms with Crippen molar-refractivity contribution < 1.29 is 28.2 Å². The number of esters is 1. The summed E-state index contributed by atoms with van der Waals surface area (Å²) < 4.78 is 29.0. The van der Waals surface area contributed by atoms with E-state index in [0.717, 1.165) is 11.3 Å². The van der Waals surface area contributed by atoms with E-state index in [4.69, 9.17) is 23.4 Å². The minimum absolute atomic E-state index is 0.0766. The lowest BCUT2D eigenvalue weighted by Crippen LogP contribution is -2.43. The lowest BCUT2D eigenvalue weighted by molar-refractivity contribution is -0.136. The number of hydrogen-bond donors (Lipinski definition) is 0. The first kappa shape index (κ1) is 25.3. The molecule has 0 spiro atoms. The van der Waals surface area contributed by atoms with Gasteiger partial charge in [-0.1, -0.05) is 39.0 Å². The van der Waals surface area contributed by atoms with Crippen LogP contribution in [0.1, 0.15) is 39.0 Å². The Morgan fingerprint density at radius 1 is 1.16 bits per heavy atom. The maximum atomic E-state index is 12.2. The molecule has 0 aliphatic carbocycles. The van der Waals surface area contributed by atoms with Crippen molar-refractivity contribution in [2.24, 2.45) is 0 Å². The summed E-state index contributed by atoms with van der Waals surface area (Å²) in [5.41, 5.74) is 1.36. The highest BCUT2D eigenvalue weighted by atomic mass is 28.4. The molecule has 1 unspecified atom stereocenters. The van der Waals surface area contributed by atoms with E-state index < -0.39 is 26.7 Å². The SMILES string of the molecule is C=CC/C(=C\[C@@H]1OC(c2ccc(OC)cc2)O[C@H]1CO[Si](C)(C)C(C)(C)C)C(=O)OC. The van der Waals surface area contributed by atoms with Gasteiger partial charge in [-0.15, -0.1) is 6.58 Å². The molecule has 2 rings (SSSR count). The van der Waals surface area contributed by atoms with Gasteiger partial charge in [0.25, 0.3) is 0 Å². The van der Waals surface area contributed by atoms with Crippen LogP contribution in [0.15, 0.2) is 48.6 Å². The second kappa shape index (κ2) is 10.6. The highest BCUT2D eigenvalue weighted by Gasteiger charge is 2.41. The molecule has 0 radical (unpaired) electrons. The molecule has 1 saturated heterocycles. The van der Waals surface area contributed by atoms with Crippen LogP contribution in [-0.4, -0.2) is 47.3 Å². The minimum atomic E-state index is -1.98. The van der Waals surface area contributed by atoms with E-state index >= 15 is 0 Å². The van der Waals surface area contributed by atoms with E-state index in [1.54, 1.807) is 19.3 Å². The van der Waals surface area contributed by atoms with Crippen LogP contribution in [0.4, 0.5) is 0 Å². The topological polar surface area (TPSA) is 63.2 Å². The summed E-state index contributed by atoms with van der Waals surface area (Å²) in [4.78, 5) is 12.2. The number of rotatable bonds is 9. The van der Waals surface area contributed by atoms with Gasteiger partial charge < -0.3 is 23.4 Å².